The molecule has 0 bridgehead atoms. The van der Waals surface area contributed by atoms with Crippen molar-refractivity contribution < 1.29 is 59.9 Å². The molecule has 0 saturated heterocycles. The van der Waals surface area contributed by atoms with Gasteiger partial charge in [-0.05, 0) is 0 Å². The Labute approximate surface area is 113 Å². The summed E-state index contributed by atoms with van der Waals surface area (Å²) in [5.74, 6) is 2.83. The molecule has 0 aliphatic carbocycles. The molecule has 0 aromatic rings. The number of hydrogen-bond donors (Lipinski definition) is 0. The molecule has 0 atom stereocenters. The van der Waals surface area contributed by atoms with Crippen molar-refractivity contribution in [2.24, 2.45) is 0 Å². The molecule has 0 radical (unpaired) electrons. The Morgan fingerprint density at radius 1 is 0.462 bits per heavy atom. The second kappa shape index (κ2) is 37.7. The molecule has 0 aliphatic heterocycles. The Hall–Kier alpha value is 1.31. The van der Waals surface area contributed by atoms with Crippen LogP contribution >= 0.6 is 0 Å². The van der Waals surface area contributed by atoms with Crippen LogP contribution in [-0.4, -0.2) is 0 Å². The van der Waals surface area contributed by atoms with E-state index in [1.54, 1.807) is 0 Å². The summed E-state index contributed by atoms with van der Waals surface area (Å²) in [7, 11) is 0. The minimum Gasteiger partial charge on any atom is -2.00 e. The molecule has 0 aliphatic rings. The SMILES string of the molecule is C[C-](C)C.C[C-](C)C.[O-2].[O-2].[O-2].[Ti+4].[Ti+4]. The Morgan fingerprint density at radius 2 is 0.462 bits per heavy atom. The summed E-state index contributed by atoms with van der Waals surface area (Å²) in [6, 6.07) is 0. The quantitative estimate of drug-likeness (QED) is 0.472. The van der Waals surface area contributed by atoms with Gasteiger partial charge in [0.2, 0.25) is 0 Å². The van der Waals surface area contributed by atoms with E-state index in [-0.39, 0.29) is 59.9 Å². The first-order valence-corrected chi connectivity index (χ1v) is 3.00. The van der Waals surface area contributed by atoms with E-state index >= 15 is 0 Å². The third-order valence-corrected chi connectivity index (χ3v) is 0. The first-order valence-electron chi connectivity index (χ1n) is 3.00. The average Bonchev–Trinajstić information content (AvgIpc) is 1.25. The molecule has 76 valence electrons. The van der Waals surface area contributed by atoms with Gasteiger partial charge in [-0.1, -0.05) is 0 Å². The molecule has 0 aromatic carbocycles. The predicted octanol–water partition coefficient (Wildman–Crippen LogP) is 2.88. The van der Waals surface area contributed by atoms with Crippen molar-refractivity contribution in [1.29, 1.82) is 0 Å². The zero-order chi connectivity index (χ0) is 7.15. The monoisotopic (exact) mass is 258 g/mol. The maximum absolute atomic E-state index is 2.08. The zero-order valence-electron chi connectivity index (χ0n) is 9.22. The summed E-state index contributed by atoms with van der Waals surface area (Å²) < 4.78 is 0. The van der Waals surface area contributed by atoms with Crippen LogP contribution < -0.4 is 0 Å². The maximum Gasteiger partial charge on any atom is 4.00 e. The molecule has 0 rings (SSSR count). The summed E-state index contributed by atoms with van der Waals surface area (Å²) in [5.41, 5.74) is 0. The Balaban J connectivity index is -0.00000000800. The van der Waals surface area contributed by atoms with Crippen LogP contribution in [0.1, 0.15) is 41.5 Å². The minimum atomic E-state index is 0. The number of rotatable bonds is 0. The van der Waals surface area contributed by atoms with Gasteiger partial charge >= 0.3 is 43.4 Å². The van der Waals surface area contributed by atoms with Crippen LogP contribution in [0.4, 0.5) is 0 Å². The molecular weight excluding hydrogens is 240 g/mol. The molecule has 3 nitrogen and oxygen atoms in total. The van der Waals surface area contributed by atoms with Crippen LogP contribution in [0.2, 0.25) is 0 Å². The van der Waals surface area contributed by atoms with Gasteiger partial charge in [-0.2, -0.15) is 41.5 Å². The van der Waals surface area contributed by atoms with Crippen molar-refractivity contribution in [3.63, 3.8) is 0 Å². The smallest absolute Gasteiger partial charge is 2.00 e. The average molecular weight is 258 g/mol. The number of hydrogen-bond acceptors (Lipinski definition) is 0. The molecule has 5 heteroatoms. The molecule has 0 unspecified atom stereocenters. The van der Waals surface area contributed by atoms with Gasteiger partial charge < -0.3 is 28.3 Å². The van der Waals surface area contributed by atoms with Gasteiger partial charge in [0.15, 0.2) is 0 Å². The molecule has 0 fully saturated rings. The first kappa shape index (κ1) is 47.4. The second-order valence-electron chi connectivity index (χ2n) is 3.00. The van der Waals surface area contributed by atoms with Crippen LogP contribution in [-0.2, 0) is 59.9 Å². The standard InChI is InChI=1S/2C4H9.3O.2Ti/c2*1-4(2)3;;;;;/h2*1-3H3;;;;;/q2*-1;3*-2;2*+4. The summed E-state index contributed by atoms with van der Waals surface area (Å²) in [6.07, 6.45) is 0. The first-order chi connectivity index (χ1) is 3.46. The fourth-order valence-electron chi connectivity index (χ4n) is 0. The van der Waals surface area contributed by atoms with Crippen LogP contribution in [0, 0.1) is 11.8 Å². The molecule has 0 saturated carbocycles. The van der Waals surface area contributed by atoms with Gasteiger partial charge in [0.25, 0.3) is 0 Å². The van der Waals surface area contributed by atoms with E-state index in [0.29, 0.717) is 0 Å². The zero-order valence-corrected chi connectivity index (χ0v) is 12.3. The van der Waals surface area contributed by atoms with Crippen LogP contribution in [0.3, 0.4) is 0 Å². The molecule has 0 N–H and O–H groups in total. The van der Waals surface area contributed by atoms with Crippen molar-refractivity contribution in [1.82, 2.24) is 0 Å². The summed E-state index contributed by atoms with van der Waals surface area (Å²) in [4.78, 5) is 0. The van der Waals surface area contributed by atoms with Crippen molar-refractivity contribution in [3.8, 4) is 0 Å². The van der Waals surface area contributed by atoms with E-state index in [4.69, 9.17) is 0 Å². The van der Waals surface area contributed by atoms with Gasteiger partial charge in [0.1, 0.15) is 0 Å². The van der Waals surface area contributed by atoms with Gasteiger partial charge in [-0.15, -0.1) is 0 Å². The molecule has 0 heterocycles. The fourth-order valence-corrected chi connectivity index (χ4v) is 0. The van der Waals surface area contributed by atoms with Crippen molar-refractivity contribution >= 4 is 0 Å². The van der Waals surface area contributed by atoms with Crippen LogP contribution in [0.15, 0.2) is 0 Å². The minimum absolute atomic E-state index is 0. The van der Waals surface area contributed by atoms with Crippen LogP contribution in [0.5, 0.6) is 0 Å². The molecule has 0 amide bonds. The second-order valence-corrected chi connectivity index (χ2v) is 3.00. The Morgan fingerprint density at radius 3 is 0.462 bits per heavy atom. The van der Waals surface area contributed by atoms with E-state index in [1.165, 1.54) is 11.8 Å². The summed E-state index contributed by atoms with van der Waals surface area (Å²) >= 11 is 0. The van der Waals surface area contributed by atoms with Gasteiger partial charge in [0.05, 0.1) is 0 Å². The normalized spacial score (nSPS) is 5.54. The van der Waals surface area contributed by atoms with E-state index < -0.39 is 0 Å². The van der Waals surface area contributed by atoms with Gasteiger partial charge in [-0.25, -0.2) is 0 Å². The Bertz CT molecular complexity index is 32.9. The predicted molar refractivity (Wildman–Crippen MR) is 42.6 cm³/mol. The van der Waals surface area contributed by atoms with Crippen molar-refractivity contribution in [3.05, 3.63) is 11.8 Å². The topological polar surface area (TPSA) is 85.5 Å². The fraction of sp³-hybridized carbons (Fsp3) is 0.750. The van der Waals surface area contributed by atoms with E-state index in [1.807, 2.05) is 0 Å². The van der Waals surface area contributed by atoms with E-state index in [0.717, 1.165) is 0 Å². The largest absolute Gasteiger partial charge is 4.00 e. The molecule has 0 spiro atoms. The van der Waals surface area contributed by atoms with E-state index in [2.05, 4.69) is 41.5 Å². The Kier molecular flexibility index (Phi) is 138. The molecule has 13 heavy (non-hydrogen) atoms. The van der Waals surface area contributed by atoms with Crippen LogP contribution in [0.25, 0.3) is 0 Å². The van der Waals surface area contributed by atoms with Crippen molar-refractivity contribution in [2.75, 3.05) is 0 Å². The molecular formula is C8H18O3Ti2. The molecule has 0 aromatic heterocycles. The van der Waals surface area contributed by atoms with Gasteiger partial charge in [-0.3, -0.25) is 0 Å². The summed E-state index contributed by atoms with van der Waals surface area (Å²) in [5, 5.41) is 0. The van der Waals surface area contributed by atoms with Gasteiger partial charge in [0, 0.05) is 0 Å². The third-order valence-electron chi connectivity index (χ3n) is 0. The summed E-state index contributed by atoms with van der Waals surface area (Å²) in [6.45, 7) is 12.5. The third kappa shape index (κ3) is 994. The van der Waals surface area contributed by atoms with Crippen molar-refractivity contribution in [2.45, 2.75) is 41.5 Å². The van der Waals surface area contributed by atoms with E-state index in [9.17, 15) is 0 Å². The maximum atomic E-state index is 2.08.